The lowest BCUT2D eigenvalue weighted by atomic mass is 10.1. The summed E-state index contributed by atoms with van der Waals surface area (Å²) in [5.74, 6) is -0.970. The molecule has 0 spiro atoms. The quantitative estimate of drug-likeness (QED) is 0.283. The molecule has 3 aromatic rings. The molecule has 0 saturated heterocycles. The third kappa shape index (κ3) is 7.49. The van der Waals surface area contributed by atoms with Gasteiger partial charge in [-0.05, 0) is 82.1 Å². The van der Waals surface area contributed by atoms with Crippen molar-refractivity contribution in [2.45, 2.75) is 58.1 Å². The van der Waals surface area contributed by atoms with Crippen molar-refractivity contribution in [2.75, 3.05) is 10.8 Å². The number of anilines is 1. The molecule has 40 heavy (non-hydrogen) atoms. The Kier molecular flexibility index (Phi) is 10.5. The summed E-state index contributed by atoms with van der Waals surface area (Å²) in [6.07, 6.45) is 0. The lowest BCUT2D eigenvalue weighted by molar-refractivity contribution is -0.139. The Labute approximate surface area is 251 Å². The zero-order valence-electron chi connectivity index (χ0n) is 22.9. The number of amides is 2. The van der Waals surface area contributed by atoms with E-state index in [1.54, 1.807) is 62.4 Å². The summed E-state index contributed by atoms with van der Waals surface area (Å²) < 4.78 is 28.9. The maximum Gasteiger partial charge on any atom is 0.264 e. The maximum atomic E-state index is 14.0. The molecule has 2 amide bonds. The van der Waals surface area contributed by atoms with E-state index in [9.17, 15) is 18.0 Å². The number of nitrogens with one attached hydrogen (secondary N) is 1. The van der Waals surface area contributed by atoms with Crippen LogP contribution >= 0.6 is 34.8 Å². The Hall–Kier alpha value is -2.78. The Morgan fingerprint density at radius 3 is 2.12 bits per heavy atom. The van der Waals surface area contributed by atoms with Gasteiger partial charge in [0.15, 0.2) is 0 Å². The Morgan fingerprint density at radius 2 is 1.52 bits per heavy atom. The van der Waals surface area contributed by atoms with Gasteiger partial charge in [0.1, 0.15) is 12.6 Å². The molecule has 0 unspecified atom stereocenters. The number of nitrogens with zero attached hydrogens (tertiary/aromatic N) is 2. The first-order chi connectivity index (χ1) is 18.7. The van der Waals surface area contributed by atoms with Crippen LogP contribution in [0.1, 0.15) is 37.5 Å². The summed E-state index contributed by atoms with van der Waals surface area (Å²) in [6, 6.07) is 15.1. The van der Waals surface area contributed by atoms with Gasteiger partial charge in [0, 0.05) is 17.6 Å². The summed E-state index contributed by atoms with van der Waals surface area (Å²) in [7, 11) is -4.20. The lowest BCUT2D eigenvalue weighted by Crippen LogP contribution is -2.52. The number of rotatable bonds is 10. The molecule has 0 heterocycles. The first kappa shape index (κ1) is 31.7. The highest BCUT2D eigenvalue weighted by atomic mass is 35.5. The minimum atomic E-state index is -4.20. The second kappa shape index (κ2) is 13.3. The number of carbonyl (C=O) groups is 2. The van der Waals surface area contributed by atoms with Gasteiger partial charge < -0.3 is 10.2 Å². The van der Waals surface area contributed by atoms with Crippen LogP contribution < -0.4 is 9.62 Å². The molecule has 7 nitrogen and oxygen atoms in total. The lowest BCUT2D eigenvalue weighted by Gasteiger charge is -2.33. The molecule has 11 heteroatoms. The van der Waals surface area contributed by atoms with E-state index in [2.05, 4.69) is 5.32 Å². The minimum absolute atomic E-state index is 0.00461. The summed E-state index contributed by atoms with van der Waals surface area (Å²) in [6.45, 7) is 8.18. The molecular formula is C29H32Cl3N3O4S. The van der Waals surface area contributed by atoms with Crippen molar-refractivity contribution in [3.8, 4) is 0 Å². The van der Waals surface area contributed by atoms with Crippen molar-refractivity contribution in [1.29, 1.82) is 0 Å². The molecule has 214 valence electrons. The number of aryl methyl sites for hydroxylation is 1. The minimum Gasteiger partial charge on any atom is -0.352 e. The van der Waals surface area contributed by atoms with Crippen molar-refractivity contribution in [3.05, 3.63) is 92.4 Å². The molecule has 0 aliphatic rings. The van der Waals surface area contributed by atoms with E-state index in [-0.39, 0.29) is 29.1 Å². The molecule has 3 rings (SSSR count). The summed E-state index contributed by atoms with van der Waals surface area (Å²) in [5, 5.41) is 3.81. The molecule has 0 aromatic heterocycles. The molecule has 3 aromatic carbocycles. The second-order valence-corrected chi connectivity index (χ2v) is 12.9. The average molecular weight is 625 g/mol. The number of benzene rings is 3. The van der Waals surface area contributed by atoms with Gasteiger partial charge >= 0.3 is 0 Å². The Bertz CT molecular complexity index is 1490. The zero-order valence-corrected chi connectivity index (χ0v) is 26.0. The van der Waals surface area contributed by atoms with Crippen LogP contribution in [0.2, 0.25) is 15.1 Å². The standard InChI is InChI=1S/C29H32Cl3N3O4S/c1-18(2)33-29(37)21(5)34(16-22-11-14-25(31)26(32)15-22)28(36)17-35(27-8-6-7-24(30)20(27)4)40(38,39)23-12-9-19(3)10-13-23/h6-15,18,21H,16-17H2,1-5H3,(H,33,37)/t21-/m0/s1. The predicted molar refractivity (Wildman–Crippen MR) is 162 cm³/mol. The molecule has 0 saturated carbocycles. The van der Waals surface area contributed by atoms with E-state index >= 15 is 0 Å². The number of hydrogen-bond acceptors (Lipinski definition) is 4. The van der Waals surface area contributed by atoms with Gasteiger partial charge in [-0.3, -0.25) is 13.9 Å². The molecule has 0 radical (unpaired) electrons. The Balaban J connectivity index is 2.09. The first-order valence-electron chi connectivity index (χ1n) is 12.6. The smallest absolute Gasteiger partial charge is 0.264 e. The molecule has 0 bridgehead atoms. The maximum absolute atomic E-state index is 14.0. The van der Waals surface area contributed by atoms with Crippen molar-refractivity contribution in [3.63, 3.8) is 0 Å². The van der Waals surface area contributed by atoms with Crippen LogP contribution in [-0.4, -0.2) is 43.8 Å². The number of carbonyl (C=O) groups excluding carboxylic acids is 2. The first-order valence-corrected chi connectivity index (χ1v) is 15.2. The topological polar surface area (TPSA) is 86.8 Å². The Morgan fingerprint density at radius 1 is 0.875 bits per heavy atom. The van der Waals surface area contributed by atoms with Gasteiger partial charge in [0.25, 0.3) is 10.0 Å². The molecule has 1 atom stereocenters. The second-order valence-electron chi connectivity index (χ2n) is 9.82. The molecule has 0 fully saturated rings. The number of hydrogen-bond donors (Lipinski definition) is 1. The average Bonchev–Trinajstić information content (AvgIpc) is 2.89. The van der Waals surface area contributed by atoms with Gasteiger partial charge in [-0.25, -0.2) is 8.42 Å². The normalized spacial score (nSPS) is 12.2. The monoisotopic (exact) mass is 623 g/mol. The van der Waals surface area contributed by atoms with Crippen LogP contribution in [0.5, 0.6) is 0 Å². The van der Waals surface area contributed by atoms with Crippen LogP contribution in [0.25, 0.3) is 0 Å². The highest BCUT2D eigenvalue weighted by molar-refractivity contribution is 7.92. The van der Waals surface area contributed by atoms with Gasteiger partial charge in [-0.2, -0.15) is 0 Å². The van der Waals surface area contributed by atoms with Crippen LogP contribution in [-0.2, 0) is 26.2 Å². The number of halogens is 3. The van der Waals surface area contributed by atoms with Crippen LogP contribution in [0, 0.1) is 13.8 Å². The molecule has 0 aliphatic carbocycles. The van der Waals surface area contributed by atoms with E-state index in [4.69, 9.17) is 34.8 Å². The summed E-state index contributed by atoms with van der Waals surface area (Å²) >= 11 is 18.6. The van der Waals surface area contributed by atoms with Gasteiger partial charge in [-0.1, -0.05) is 64.6 Å². The van der Waals surface area contributed by atoms with Crippen LogP contribution in [0.3, 0.4) is 0 Å². The van der Waals surface area contributed by atoms with E-state index in [0.29, 0.717) is 26.2 Å². The molecular weight excluding hydrogens is 593 g/mol. The fourth-order valence-corrected chi connectivity index (χ4v) is 6.00. The van der Waals surface area contributed by atoms with Gasteiger partial charge in [0.2, 0.25) is 11.8 Å². The highest BCUT2D eigenvalue weighted by Crippen LogP contribution is 2.31. The van der Waals surface area contributed by atoms with E-state index < -0.39 is 28.5 Å². The van der Waals surface area contributed by atoms with Gasteiger partial charge in [-0.15, -0.1) is 0 Å². The summed E-state index contributed by atoms with van der Waals surface area (Å²) in [4.78, 5) is 28.4. The highest BCUT2D eigenvalue weighted by Gasteiger charge is 2.33. The molecule has 0 aliphatic heterocycles. The van der Waals surface area contributed by atoms with Gasteiger partial charge in [0.05, 0.1) is 20.6 Å². The van der Waals surface area contributed by atoms with Crippen LogP contribution in [0.15, 0.2) is 65.6 Å². The third-order valence-electron chi connectivity index (χ3n) is 6.33. The fraction of sp³-hybridized carbons (Fsp3) is 0.310. The van der Waals surface area contributed by atoms with E-state index in [1.807, 2.05) is 20.8 Å². The summed E-state index contributed by atoms with van der Waals surface area (Å²) in [5.41, 5.74) is 2.27. The number of sulfonamides is 1. The SMILES string of the molecule is Cc1ccc(S(=O)(=O)N(CC(=O)N(Cc2ccc(Cl)c(Cl)c2)[C@@H](C)C(=O)NC(C)C)c2cccc(Cl)c2C)cc1. The zero-order chi connectivity index (χ0) is 29.8. The van der Waals surface area contributed by atoms with Crippen molar-refractivity contribution in [2.24, 2.45) is 0 Å². The van der Waals surface area contributed by atoms with E-state index in [1.165, 1.54) is 17.0 Å². The van der Waals surface area contributed by atoms with Crippen molar-refractivity contribution in [1.82, 2.24) is 10.2 Å². The van der Waals surface area contributed by atoms with E-state index in [0.717, 1.165) is 9.87 Å². The fourth-order valence-electron chi connectivity index (χ4n) is 4.04. The largest absolute Gasteiger partial charge is 0.352 e. The predicted octanol–water partition coefficient (Wildman–Crippen LogP) is 6.40. The van der Waals surface area contributed by atoms with Crippen molar-refractivity contribution < 1.29 is 18.0 Å². The van der Waals surface area contributed by atoms with Crippen molar-refractivity contribution >= 4 is 62.3 Å². The van der Waals surface area contributed by atoms with Crippen LogP contribution in [0.4, 0.5) is 5.69 Å². The molecule has 1 N–H and O–H groups in total. The third-order valence-corrected chi connectivity index (χ3v) is 9.25.